The van der Waals surface area contributed by atoms with Gasteiger partial charge in [0.05, 0.1) is 5.70 Å². The zero-order valence-corrected chi connectivity index (χ0v) is 12.9. The summed E-state index contributed by atoms with van der Waals surface area (Å²) in [5.41, 5.74) is 3.37. The van der Waals surface area contributed by atoms with Crippen LogP contribution in [0.4, 0.5) is 0 Å². The summed E-state index contributed by atoms with van der Waals surface area (Å²) in [4.78, 5) is 8.50. The summed E-state index contributed by atoms with van der Waals surface area (Å²) in [6.07, 6.45) is 5.80. The van der Waals surface area contributed by atoms with Gasteiger partial charge in [-0.1, -0.05) is 55.1 Å². The molecule has 0 aliphatic carbocycles. The van der Waals surface area contributed by atoms with Crippen molar-refractivity contribution >= 4 is 22.6 Å². The number of rotatable bonds is 4. The maximum absolute atomic E-state index is 6.07. The van der Waals surface area contributed by atoms with Crippen LogP contribution >= 0.6 is 11.6 Å². The van der Waals surface area contributed by atoms with Crippen LogP contribution in [0.25, 0.3) is 0 Å². The number of nitrogens with zero attached hydrogens (tertiary/aromatic N) is 2. The van der Waals surface area contributed by atoms with Crippen LogP contribution in [0.5, 0.6) is 0 Å². The molecule has 3 heteroatoms. The van der Waals surface area contributed by atoms with Crippen LogP contribution in [-0.2, 0) is 0 Å². The first-order chi connectivity index (χ1) is 9.58. The molecule has 104 valence electrons. The third-order valence-corrected chi connectivity index (χ3v) is 2.84. The predicted molar refractivity (Wildman–Crippen MR) is 89.7 cm³/mol. The van der Waals surface area contributed by atoms with Gasteiger partial charge in [0.1, 0.15) is 0 Å². The molecule has 0 spiro atoms. The molecule has 0 atom stereocenters. The molecule has 1 aromatic rings. The van der Waals surface area contributed by atoms with E-state index in [-0.39, 0.29) is 5.29 Å². The quantitative estimate of drug-likeness (QED) is 0.317. The normalized spacial score (nSPS) is 13.9. The van der Waals surface area contributed by atoms with E-state index < -0.39 is 0 Å². The van der Waals surface area contributed by atoms with Crippen LogP contribution in [0.1, 0.15) is 26.3 Å². The predicted octanol–water partition coefficient (Wildman–Crippen LogP) is 5.13. The van der Waals surface area contributed by atoms with Gasteiger partial charge in [-0.25, -0.2) is 9.98 Å². The highest BCUT2D eigenvalue weighted by Crippen LogP contribution is 2.13. The van der Waals surface area contributed by atoms with E-state index in [0.717, 1.165) is 16.8 Å². The average Bonchev–Trinajstić information content (AvgIpc) is 2.45. The minimum absolute atomic E-state index is 0.181. The molecule has 20 heavy (non-hydrogen) atoms. The van der Waals surface area contributed by atoms with E-state index in [9.17, 15) is 0 Å². The van der Waals surface area contributed by atoms with Gasteiger partial charge in [-0.2, -0.15) is 0 Å². The Bertz CT molecular complexity index is 578. The SMILES string of the molecule is C=C(N=C(Cl)/N=C(\C)c1ccccc1)C(/C=C\C)=C/C. The molecule has 0 fully saturated rings. The Morgan fingerprint density at radius 2 is 1.80 bits per heavy atom. The zero-order valence-electron chi connectivity index (χ0n) is 12.1. The van der Waals surface area contributed by atoms with Gasteiger partial charge >= 0.3 is 0 Å². The molecule has 0 bridgehead atoms. The Balaban J connectivity index is 2.92. The standard InChI is InChI=1S/C17H19ClN2/c1-5-10-15(6-2)13(3)19-17(18)20-14(4)16-11-8-7-9-12-16/h5-12H,3H2,1-2,4H3/b10-5-,15-6+,19-17?,20-14+. The van der Waals surface area contributed by atoms with Crippen LogP contribution in [0.2, 0.25) is 0 Å². The van der Waals surface area contributed by atoms with Gasteiger partial charge in [-0.15, -0.1) is 0 Å². The van der Waals surface area contributed by atoms with E-state index >= 15 is 0 Å². The molecule has 1 rings (SSSR count). The van der Waals surface area contributed by atoms with Crippen LogP contribution in [0.3, 0.4) is 0 Å². The second-order valence-electron chi connectivity index (χ2n) is 4.13. The molecular weight excluding hydrogens is 268 g/mol. The van der Waals surface area contributed by atoms with Crippen LogP contribution in [-0.4, -0.2) is 11.0 Å². The summed E-state index contributed by atoms with van der Waals surface area (Å²) in [6, 6.07) is 9.85. The number of allylic oxidation sites excluding steroid dienone is 3. The maximum Gasteiger partial charge on any atom is 0.223 e. The Morgan fingerprint density at radius 1 is 1.15 bits per heavy atom. The van der Waals surface area contributed by atoms with Gasteiger partial charge in [0.2, 0.25) is 5.29 Å². The molecule has 0 saturated carbocycles. The molecule has 0 heterocycles. The van der Waals surface area contributed by atoms with E-state index in [1.165, 1.54) is 0 Å². The van der Waals surface area contributed by atoms with E-state index in [4.69, 9.17) is 11.6 Å². The lowest BCUT2D eigenvalue weighted by Gasteiger charge is -2.02. The highest BCUT2D eigenvalue weighted by atomic mass is 35.5. The summed E-state index contributed by atoms with van der Waals surface area (Å²) >= 11 is 6.07. The number of benzene rings is 1. The number of halogens is 1. The minimum Gasteiger partial charge on any atom is -0.223 e. The molecule has 0 amide bonds. The summed E-state index contributed by atoms with van der Waals surface area (Å²) in [5, 5.41) is 0.181. The second kappa shape index (κ2) is 8.28. The van der Waals surface area contributed by atoms with Gasteiger partial charge in [0.25, 0.3) is 0 Å². The van der Waals surface area contributed by atoms with E-state index in [1.54, 1.807) is 0 Å². The number of hydrogen-bond acceptors (Lipinski definition) is 1. The lowest BCUT2D eigenvalue weighted by molar-refractivity contribution is 1.34. The first-order valence-corrected chi connectivity index (χ1v) is 6.79. The fraction of sp³-hybridized carbons (Fsp3) is 0.176. The average molecular weight is 287 g/mol. The molecule has 0 radical (unpaired) electrons. The van der Waals surface area contributed by atoms with Crippen molar-refractivity contribution in [1.29, 1.82) is 0 Å². The van der Waals surface area contributed by atoms with Crippen LogP contribution in [0, 0.1) is 0 Å². The highest BCUT2D eigenvalue weighted by molar-refractivity contribution is 6.65. The summed E-state index contributed by atoms with van der Waals surface area (Å²) in [5.74, 6) is 0. The third-order valence-electron chi connectivity index (χ3n) is 2.67. The lowest BCUT2D eigenvalue weighted by Crippen LogP contribution is -1.97. The molecule has 0 aromatic heterocycles. The maximum atomic E-state index is 6.07. The third kappa shape index (κ3) is 4.98. The molecule has 0 saturated heterocycles. The van der Waals surface area contributed by atoms with Gasteiger partial charge in [-0.05, 0) is 43.5 Å². The van der Waals surface area contributed by atoms with Crippen LogP contribution in [0.15, 0.2) is 76.4 Å². The zero-order chi connectivity index (χ0) is 15.0. The largest absolute Gasteiger partial charge is 0.223 e. The molecule has 1 aromatic carbocycles. The smallest absolute Gasteiger partial charge is 0.223 e. The first-order valence-electron chi connectivity index (χ1n) is 6.41. The molecular formula is C17H19ClN2. The molecule has 0 aliphatic heterocycles. The van der Waals surface area contributed by atoms with E-state index in [1.807, 2.05) is 69.3 Å². The van der Waals surface area contributed by atoms with Crippen molar-refractivity contribution in [2.75, 3.05) is 0 Å². The van der Waals surface area contributed by atoms with Crippen molar-refractivity contribution in [2.24, 2.45) is 9.98 Å². The van der Waals surface area contributed by atoms with Gasteiger partial charge in [0.15, 0.2) is 0 Å². The van der Waals surface area contributed by atoms with Crippen molar-refractivity contribution in [3.8, 4) is 0 Å². The molecule has 0 aliphatic rings. The van der Waals surface area contributed by atoms with E-state index in [2.05, 4.69) is 16.6 Å². The number of amidine groups is 1. The van der Waals surface area contributed by atoms with Gasteiger partial charge < -0.3 is 0 Å². The summed E-state index contributed by atoms with van der Waals surface area (Å²) in [6.45, 7) is 9.68. The fourth-order valence-corrected chi connectivity index (χ4v) is 1.85. The fourth-order valence-electron chi connectivity index (χ4n) is 1.62. The molecule has 2 nitrogen and oxygen atoms in total. The van der Waals surface area contributed by atoms with Crippen molar-refractivity contribution in [3.63, 3.8) is 0 Å². The van der Waals surface area contributed by atoms with Crippen molar-refractivity contribution < 1.29 is 0 Å². The minimum atomic E-state index is 0.181. The molecule has 0 unspecified atom stereocenters. The van der Waals surface area contributed by atoms with Crippen molar-refractivity contribution in [1.82, 2.24) is 0 Å². The Hall–Kier alpha value is -1.93. The second-order valence-corrected chi connectivity index (χ2v) is 4.47. The first kappa shape index (κ1) is 16.1. The molecule has 0 N–H and O–H groups in total. The number of aliphatic imine (C=N–C) groups is 2. The number of hydrogen-bond donors (Lipinski definition) is 0. The van der Waals surface area contributed by atoms with Crippen LogP contribution < -0.4 is 0 Å². The van der Waals surface area contributed by atoms with Gasteiger partial charge in [0, 0.05) is 5.71 Å². The van der Waals surface area contributed by atoms with Crippen molar-refractivity contribution in [3.05, 3.63) is 72.0 Å². The topological polar surface area (TPSA) is 24.7 Å². The summed E-state index contributed by atoms with van der Waals surface area (Å²) < 4.78 is 0. The Kier molecular flexibility index (Phi) is 6.68. The lowest BCUT2D eigenvalue weighted by atomic mass is 10.1. The highest BCUT2D eigenvalue weighted by Gasteiger charge is 2.01. The summed E-state index contributed by atoms with van der Waals surface area (Å²) in [7, 11) is 0. The van der Waals surface area contributed by atoms with Crippen molar-refractivity contribution in [2.45, 2.75) is 20.8 Å². The monoisotopic (exact) mass is 286 g/mol. The Morgan fingerprint density at radius 3 is 2.35 bits per heavy atom. The van der Waals surface area contributed by atoms with E-state index in [0.29, 0.717) is 5.70 Å². The van der Waals surface area contributed by atoms with Gasteiger partial charge in [-0.3, -0.25) is 0 Å². The Labute approximate surface area is 125 Å².